The number of hydrazone groups is 2. The number of nitrogens with zero attached hydrogens (tertiary/aromatic N) is 4. The van der Waals surface area contributed by atoms with Gasteiger partial charge in [-0.15, -0.1) is 0 Å². The molecule has 2 rings (SSSR count). The Kier molecular flexibility index (Phi) is 15.8. The lowest BCUT2D eigenvalue weighted by molar-refractivity contribution is -0.122. The summed E-state index contributed by atoms with van der Waals surface area (Å²) in [6.07, 6.45) is 10.1. The van der Waals surface area contributed by atoms with Gasteiger partial charge in [0.15, 0.2) is 0 Å². The molecule has 8 nitrogen and oxygen atoms in total. The molecule has 0 aliphatic heterocycles. The lowest BCUT2D eigenvalue weighted by Gasteiger charge is -2.20. The fraction of sp³-hybridized carbons (Fsp3) is 0.500. The van der Waals surface area contributed by atoms with Gasteiger partial charge in [0.2, 0.25) is 11.8 Å². The topological polar surface area (TPSA) is 89.4 Å². The van der Waals surface area contributed by atoms with Gasteiger partial charge in [0.05, 0.1) is 12.4 Å². The molecule has 0 atom stereocenters. The first-order chi connectivity index (χ1) is 19.5. The molecule has 2 amide bonds. The van der Waals surface area contributed by atoms with Gasteiger partial charge in [0, 0.05) is 50.4 Å². The molecule has 0 spiro atoms. The lowest BCUT2D eigenvalue weighted by Crippen LogP contribution is -2.21. The smallest absolute Gasteiger partial charge is 0.240 e. The summed E-state index contributed by atoms with van der Waals surface area (Å²) < 4.78 is 0. The molecule has 0 saturated carbocycles. The maximum Gasteiger partial charge on any atom is 0.240 e. The molecule has 40 heavy (non-hydrogen) atoms. The first-order valence-electron chi connectivity index (χ1n) is 14.8. The molecule has 2 aromatic rings. The van der Waals surface area contributed by atoms with Crippen molar-refractivity contribution in [2.24, 2.45) is 10.2 Å². The normalized spacial score (nSPS) is 11.2. The Bertz CT molecular complexity index is 957. The molecule has 0 fully saturated rings. The number of unbranched alkanes of at least 4 members (excludes halogenated alkanes) is 5. The van der Waals surface area contributed by atoms with Crippen LogP contribution in [0, 0.1) is 0 Å². The first kappa shape index (κ1) is 32.5. The molecule has 2 aromatic carbocycles. The third-order valence-electron chi connectivity index (χ3n) is 6.91. The highest BCUT2D eigenvalue weighted by Gasteiger charge is 2.03. The van der Waals surface area contributed by atoms with E-state index in [1.165, 1.54) is 11.4 Å². The Morgan fingerprint density at radius 3 is 1.23 bits per heavy atom. The summed E-state index contributed by atoms with van der Waals surface area (Å²) in [6.45, 7) is 12.5. The largest absolute Gasteiger partial charge is 0.372 e. The van der Waals surface area contributed by atoms with Gasteiger partial charge >= 0.3 is 0 Å². The number of hydrogen-bond acceptors (Lipinski definition) is 6. The standard InChI is InChI=1S/C32H48N6O2/c1-5-37(6-2)29-21-17-27(18-22-29)25-33-35-31(39)15-13-11-9-10-12-14-16-32(40)36-34-26-28-19-23-30(24-20-28)38(7-3)8-4/h17-26H,5-16H2,1-4H3,(H,35,39)(H,36,40)/b33-25-,34-26-. The molecule has 0 radical (unpaired) electrons. The molecule has 218 valence electrons. The van der Waals surface area contributed by atoms with Crippen LogP contribution in [0.15, 0.2) is 58.7 Å². The fourth-order valence-corrected chi connectivity index (χ4v) is 4.47. The summed E-state index contributed by atoms with van der Waals surface area (Å²) in [5.41, 5.74) is 9.52. The molecule has 8 heteroatoms. The first-order valence-corrected chi connectivity index (χ1v) is 14.8. The molecule has 0 unspecified atom stereocenters. The minimum absolute atomic E-state index is 0.0620. The third kappa shape index (κ3) is 12.5. The van der Waals surface area contributed by atoms with E-state index in [2.05, 4.69) is 82.8 Å². The van der Waals surface area contributed by atoms with Crippen LogP contribution in [0.2, 0.25) is 0 Å². The number of benzene rings is 2. The van der Waals surface area contributed by atoms with Gasteiger partial charge in [-0.3, -0.25) is 9.59 Å². The molecule has 0 aliphatic carbocycles. The number of carbonyl (C=O) groups is 2. The van der Waals surface area contributed by atoms with E-state index in [9.17, 15) is 9.59 Å². The average molecular weight is 549 g/mol. The fourth-order valence-electron chi connectivity index (χ4n) is 4.47. The Morgan fingerprint density at radius 2 is 0.900 bits per heavy atom. The predicted octanol–water partition coefficient (Wildman–Crippen LogP) is 6.10. The van der Waals surface area contributed by atoms with E-state index >= 15 is 0 Å². The van der Waals surface area contributed by atoms with Gasteiger partial charge in [-0.25, -0.2) is 10.9 Å². The highest BCUT2D eigenvalue weighted by atomic mass is 16.2. The van der Waals surface area contributed by atoms with Gasteiger partial charge in [0.1, 0.15) is 0 Å². The van der Waals surface area contributed by atoms with Crippen molar-refractivity contribution in [1.82, 2.24) is 10.9 Å². The highest BCUT2D eigenvalue weighted by Crippen LogP contribution is 2.15. The summed E-state index contributed by atoms with van der Waals surface area (Å²) >= 11 is 0. The molecular weight excluding hydrogens is 500 g/mol. The quantitative estimate of drug-likeness (QED) is 0.126. The van der Waals surface area contributed by atoms with E-state index in [0.717, 1.165) is 75.8 Å². The predicted molar refractivity (Wildman–Crippen MR) is 168 cm³/mol. The van der Waals surface area contributed by atoms with Crippen molar-refractivity contribution in [2.75, 3.05) is 36.0 Å². The number of nitrogens with one attached hydrogen (secondary N) is 2. The zero-order valence-electron chi connectivity index (χ0n) is 24.9. The van der Waals surface area contributed by atoms with Gasteiger partial charge < -0.3 is 9.80 Å². The Hall–Kier alpha value is -3.68. The van der Waals surface area contributed by atoms with E-state index in [4.69, 9.17) is 0 Å². The number of rotatable bonds is 19. The van der Waals surface area contributed by atoms with Gasteiger partial charge in [-0.05, 0) is 75.9 Å². The van der Waals surface area contributed by atoms with Crippen molar-refractivity contribution in [1.29, 1.82) is 0 Å². The second-order valence-electron chi connectivity index (χ2n) is 9.74. The second-order valence-corrected chi connectivity index (χ2v) is 9.74. The Balaban J connectivity index is 1.49. The second kappa shape index (κ2) is 19.4. The van der Waals surface area contributed by atoms with E-state index in [-0.39, 0.29) is 11.8 Å². The number of carbonyl (C=O) groups excluding carboxylic acids is 2. The summed E-state index contributed by atoms with van der Waals surface area (Å²) in [4.78, 5) is 28.6. The van der Waals surface area contributed by atoms with Gasteiger partial charge in [-0.2, -0.15) is 10.2 Å². The van der Waals surface area contributed by atoms with Crippen LogP contribution in [-0.2, 0) is 9.59 Å². The van der Waals surface area contributed by atoms with Crippen LogP contribution in [0.5, 0.6) is 0 Å². The molecule has 0 aromatic heterocycles. The monoisotopic (exact) mass is 548 g/mol. The van der Waals surface area contributed by atoms with Crippen molar-refractivity contribution < 1.29 is 9.59 Å². The highest BCUT2D eigenvalue weighted by molar-refractivity contribution is 5.83. The molecule has 0 saturated heterocycles. The molecule has 0 bridgehead atoms. The third-order valence-corrected chi connectivity index (χ3v) is 6.91. The van der Waals surface area contributed by atoms with Crippen LogP contribution in [0.25, 0.3) is 0 Å². The van der Waals surface area contributed by atoms with Crippen molar-refractivity contribution in [3.8, 4) is 0 Å². The van der Waals surface area contributed by atoms with Crippen LogP contribution in [0.4, 0.5) is 11.4 Å². The summed E-state index contributed by atoms with van der Waals surface area (Å²) in [6, 6.07) is 16.3. The number of amides is 2. The van der Waals surface area contributed by atoms with Crippen LogP contribution in [0.1, 0.15) is 90.2 Å². The lowest BCUT2D eigenvalue weighted by atomic mass is 10.1. The SMILES string of the molecule is CCN(CC)c1ccc(/C=N\NC(=O)CCCCCCCCC(=O)N/N=C\c2ccc(N(CC)CC)cc2)cc1. The maximum atomic E-state index is 12.0. The van der Waals surface area contributed by atoms with Crippen molar-refractivity contribution >= 4 is 35.6 Å². The molecule has 0 heterocycles. The van der Waals surface area contributed by atoms with Crippen LogP contribution < -0.4 is 20.7 Å². The van der Waals surface area contributed by atoms with E-state index in [1.54, 1.807) is 12.4 Å². The Morgan fingerprint density at radius 1 is 0.575 bits per heavy atom. The average Bonchev–Trinajstić information content (AvgIpc) is 2.97. The van der Waals surface area contributed by atoms with Crippen LogP contribution in [0.3, 0.4) is 0 Å². The maximum absolute atomic E-state index is 12.0. The van der Waals surface area contributed by atoms with E-state index < -0.39 is 0 Å². The minimum Gasteiger partial charge on any atom is -0.372 e. The summed E-state index contributed by atoms with van der Waals surface area (Å²) in [7, 11) is 0. The molecule has 0 aliphatic rings. The van der Waals surface area contributed by atoms with Gasteiger partial charge in [0.25, 0.3) is 0 Å². The van der Waals surface area contributed by atoms with Crippen molar-refractivity contribution in [2.45, 2.75) is 79.1 Å². The van der Waals surface area contributed by atoms with E-state index in [1.807, 2.05) is 24.3 Å². The van der Waals surface area contributed by atoms with Gasteiger partial charge in [-0.1, -0.05) is 49.9 Å². The summed E-state index contributed by atoms with van der Waals surface area (Å²) in [5.74, 6) is -0.124. The summed E-state index contributed by atoms with van der Waals surface area (Å²) in [5, 5.41) is 8.16. The number of hydrogen-bond donors (Lipinski definition) is 2. The molecular formula is C32H48N6O2. The van der Waals surface area contributed by atoms with Crippen molar-refractivity contribution in [3.63, 3.8) is 0 Å². The zero-order chi connectivity index (χ0) is 29.0. The number of anilines is 2. The Labute approximate surface area is 240 Å². The molecule has 2 N–H and O–H groups in total. The minimum atomic E-state index is -0.0620. The van der Waals surface area contributed by atoms with Crippen molar-refractivity contribution in [3.05, 3.63) is 59.7 Å². The van der Waals surface area contributed by atoms with Crippen LogP contribution in [-0.4, -0.2) is 50.4 Å². The van der Waals surface area contributed by atoms with Crippen LogP contribution >= 0.6 is 0 Å². The zero-order valence-corrected chi connectivity index (χ0v) is 24.9. The van der Waals surface area contributed by atoms with E-state index in [0.29, 0.717) is 12.8 Å².